The molecule has 0 fully saturated rings. The van der Waals surface area contributed by atoms with Gasteiger partial charge in [-0.3, -0.25) is 4.79 Å². The second kappa shape index (κ2) is 4.45. The van der Waals surface area contributed by atoms with Crippen LogP contribution in [0.4, 0.5) is 13.2 Å². The molecular formula is C11H8F3NO2. The minimum Gasteiger partial charge on any atom is -0.481 e. The van der Waals surface area contributed by atoms with E-state index in [1.165, 1.54) is 6.92 Å². The van der Waals surface area contributed by atoms with Crippen LogP contribution in [0.1, 0.15) is 22.3 Å². The predicted octanol–water partition coefficient (Wildman–Crippen LogP) is 2.51. The molecule has 0 heterocycles. The molecule has 1 N–H and O–H groups in total. The lowest BCUT2D eigenvalue weighted by atomic mass is 9.94. The maximum atomic E-state index is 12.6. The van der Waals surface area contributed by atoms with E-state index in [4.69, 9.17) is 10.4 Å². The van der Waals surface area contributed by atoms with Crippen LogP contribution in [0.2, 0.25) is 0 Å². The van der Waals surface area contributed by atoms with Crippen molar-refractivity contribution in [1.29, 1.82) is 5.26 Å². The number of carboxylic acids is 1. The van der Waals surface area contributed by atoms with Gasteiger partial charge in [-0.15, -0.1) is 0 Å². The zero-order valence-electron chi connectivity index (χ0n) is 8.80. The van der Waals surface area contributed by atoms with Gasteiger partial charge in [0.05, 0.1) is 23.6 Å². The molecule has 0 atom stereocenters. The predicted molar refractivity (Wildman–Crippen MR) is 52.2 cm³/mol. The number of carbonyl (C=O) groups is 1. The molecular weight excluding hydrogens is 235 g/mol. The van der Waals surface area contributed by atoms with E-state index >= 15 is 0 Å². The summed E-state index contributed by atoms with van der Waals surface area (Å²) in [6, 6.07) is 3.58. The molecule has 0 saturated carbocycles. The smallest absolute Gasteiger partial charge is 0.416 e. The Balaban J connectivity index is 3.52. The molecule has 0 radical (unpaired) electrons. The number of nitriles is 1. The van der Waals surface area contributed by atoms with Crippen LogP contribution in [0.3, 0.4) is 0 Å². The van der Waals surface area contributed by atoms with Crippen LogP contribution in [0.5, 0.6) is 0 Å². The van der Waals surface area contributed by atoms with Crippen LogP contribution >= 0.6 is 0 Å². The van der Waals surface area contributed by atoms with Gasteiger partial charge in [-0.05, 0) is 24.1 Å². The summed E-state index contributed by atoms with van der Waals surface area (Å²) in [6.07, 6.45) is -5.48. The highest BCUT2D eigenvalue weighted by Crippen LogP contribution is 2.34. The summed E-state index contributed by atoms with van der Waals surface area (Å²) >= 11 is 0. The summed E-state index contributed by atoms with van der Waals surface area (Å²) in [5.74, 6) is -1.40. The van der Waals surface area contributed by atoms with E-state index in [2.05, 4.69) is 0 Å². The van der Waals surface area contributed by atoms with Crippen LogP contribution in [0.25, 0.3) is 0 Å². The normalized spacial score (nSPS) is 11.0. The zero-order valence-corrected chi connectivity index (χ0v) is 8.80. The van der Waals surface area contributed by atoms with Crippen molar-refractivity contribution in [2.45, 2.75) is 19.5 Å². The van der Waals surface area contributed by atoms with Crippen molar-refractivity contribution in [2.24, 2.45) is 0 Å². The fourth-order valence-corrected chi connectivity index (χ4v) is 1.52. The molecule has 3 nitrogen and oxygen atoms in total. The third-order valence-electron chi connectivity index (χ3n) is 2.27. The molecule has 0 aliphatic carbocycles. The largest absolute Gasteiger partial charge is 0.481 e. The van der Waals surface area contributed by atoms with Crippen LogP contribution in [0.15, 0.2) is 12.1 Å². The fraction of sp³-hybridized carbons (Fsp3) is 0.273. The van der Waals surface area contributed by atoms with Crippen LogP contribution in [0, 0.1) is 18.3 Å². The first-order valence-electron chi connectivity index (χ1n) is 4.59. The molecule has 17 heavy (non-hydrogen) atoms. The Morgan fingerprint density at radius 1 is 1.47 bits per heavy atom. The second-order valence-corrected chi connectivity index (χ2v) is 3.46. The summed E-state index contributed by atoms with van der Waals surface area (Å²) in [6.45, 7) is 1.46. The minimum atomic E-state index is -4.66. The van der Waals surface area contributed by atoms with Gasteiger partial charge in [0.1, 0.15) is 0 Å². The van der Waals surface area contributed by atoms with E-state index in [1.54, 1.807) is 6.07 Å². The summed E-state index contributed by atoms with van der Waals surface area (Å²) in [7, 11) is 0. The molecule has 0 saturated heterocycles. The van der Waals surface area contributed by atoms with E-state index in [1.807, 2.05) is 0 Å². The Hall–Kier alpha value is -2.03. The molecule has 0 aliphatic heterocycles. The molecule has 6 heteroatoms. The number of benzene rings is 1. The van der Waals surface area contributed by atoms with Crippen molar-refractivity contribution in [3.8, 4) is 6.07 Å². The summed E-state index contributed by atoms with van der Waals surface area (Å²) < 4.78 is 37.9. The molecule has 90 valence electrons. The lowest BCUT2D eigenvalue weighted by molar-refractivity contribution is -0.139. The van der Waals surface area contributed by atoms with Gasteiger partial charge in [0.15, 0.2) is 0 Å². The van der Waals surface area contributed by atoms with Gasteiger partial charge in [0, 0.05) is 0 Å². The van der Waals surface area contributed by atoms with Crippen molar-refractivity contribution in [3.63, 3.8) is 0 Å². The third kappa shape index (κ3) is 2.75. The zero-order chi connectivity index (χ0) is 13.2. The van der Waals surface area contributed by atoms with Crippen LogP contribution < -0.4 is 0 Å². The summed E-state index contributed by atoms with van der Waals surface area (Å²) in [4.78, 5) is 10.6. The Morgan fingerprint density at radius 3 is 2.47 bits per heavy atom. The first kappa shape index (κ1) is 13.0. The first-order chi connectivity index (χ1) is 7.77. The highest BCUT2D eigenvalue weighted by Gasteiger charge is 2.35. The van der Waals surface area contributed by atoms with E-state index in [9.17, 15) is 18.0 Å². The summed E-state index contributed by atoms with van der Waals surface area (Å²) in [5.41, 5.74) is -1.44. The number of hydrogen-bond donors (Lipinski definition) is 1. The molecule has 0 aromatic heterocycles. The molecule has 1 rings (SSSR count). The summed E-state index contributed by atoms with van der Waals surface area (Å²) in [5, 5.41) is 17.4. The lowest BCUT2D eigenvalue weighted by Gasteiger charge is -2.14. The molecule has 0 bridgehead atoms. The number of aryl methyl sites for hydroxylation is 1. The van der Waals surface area contributed by atoms with Crippen molar-refractivity contribution in [2.75, 3.05) is 0 Å². The third-order valence-corrected chi connectivity index (χ3v) is 2.27. The van der Waals surface area contributed by atoms with Gasteiger partial charge in [0.2, 0.25) is 0 Å². The van der Waals surface area contributed by atoms with Crippen molar-refractivity contribution in [3.05, 3.63) is 34.4 Å². The van der Waals surface area contributed by atoms with E-state index in [0.717, 1.165) is 12.1 Å². The fourth-order valence-electron chi connectivity index (χ4n) is 1.52. The monoisotopic (exact) mass is 243 g/mol. The number of nitrogens with zero attached hydrogens (tertiary/aromatic N) is 1. The van der Waals surface area contributed by atoms with E-state index in [0.29, 0.717) is 5.56 Å². The highest BCUT2D eigenvalue weighted by atomic mass is 19.4. The Kier molecular flexibility index (Phi) is 3.42. The first-order valence-corrected chi connectivity index (χ1v) is 4.59. The highest BCUT2D eigenvalue weighted by molar-refractivity contribution is 5.72. The minimum absolute atomic E-state index is 0.220. The van der Waals surface area contributed by atoms with Crippen molar-refractivity contribution in [1.82, 2.24) is 0 Å². The molecule has 0 spiro atoms. The Labute approximate surface area is 95.1 Å². The number of rotatable bonds is 2. The van der Waals surface area contributed by atoms with Gasteiger partial charge >= 0.3 is 12.1 Å². The maximum absolute atomic E-state index is 12.6. The number of hydrogen-bond acceptors (Lipinski definition) is 2. The lowest BCUT2D eigenvalue weighted by Crippen LogP contribution is -2.14. The molecule has 1 aromatic carbocycles. The number of carboxylic acid groups (broad SMARTS) is 1. The maximum Gasteiger partial charge on any atom is 0.416 e. The van der Waals surface area contributed by atoms with E-state index in [-0.39, 0.29) is 5.56 Å². The molecule has 1 aromatic rings. The average Bonchev–Trinajstić information content (AvgIpc) is 2.15. The number of alkyl halides is 3. The number of halogens is 3. The molecule has 0 unspecified atom stereocenters. The van der Waals surface area contributed by atoms with Gasteiger partial charge in [-0.2, -0.15) is 18.4 Å². The van der Waals surface area contributed by atoms with Crippen LogP contribution in [-0.4, -0.2) is 11.1 Å². The molecule has 0 aliphatic rings. The van der Waals surface area contributed by atoms with Crippen molar-refractivity contribution < 1.29 is 23.1 Å². The second-order valence-electron chi connectivity index (χ2n) is 3.46. The Morgan fingerprint density at radius 2 is 2.06 bits per heavy atom. The van der Waals surface area contributed by atoms with Gasteiger partial charge in [0.25, 0.3) is 0 Å². The van der Waals surface area contributed by atoms with Crippen molar-refractivity contribution >= 4 is 5.97 Å². The standard InChI is InChI=1S/C11H8F3NO2/c1-6-2-3-9(11(12,13)14)7(4-10(16)17)8(6)5-15/h2-3H,4H2,1H3,(H,16,17). The van der Waals surface area contributed by atoms with Gasteiger partial charge < -0.3 is 5.11 Å². The average molecular weight is 243 g/mol. The quantitative estimate of drug-likeness (QED) is 0.868. The molecule has 0 amide bonds. The number of aliphatic carboxylic acids is 1. The van der Waals surface area contributed by atoms with Crippen LogP contribution in [-0.2, 0) is 17.4 Å². The topological polar surface area (TPSA) is 61.1 Å². The van der Waals surface area contributed by atoms with E-state index < -0.39 is 29.7 Å². The van der Waals surface area contributed by atoms with Gasteiger partial charge in [-0.1, -0.05) is 6.07 Å². The SMILES string of the molecule is Cc1ccc(C(F)(F)F)c(CC(=O)O)c1C#N. The Bertz CT molecular complexity index is 501. The van der Waals surface area contributed by atoms with Gasteiger partial charge in [-0.25, -0.2) is 0 Å².